The molecule has 2 unspecified atom stereocenters. The zero-order chi connectivity index (χ0) is 21.5. The Kier molecular flexibility index (Phi) is 7.75. The topological polar surface area (TPSA) is 119 Å². The normalized spacial score (nSPS) is 18.1. The van der Waals surface area contributed by atoms with Gasteiger partial charge >= 0.3 is 0 Å². The molecule has 3 rings (SSSR count). The monoisotopic (exact) mass is 433 g/mol. The highest BCUT2D eigenvalue weighted by Crippen LogP contribution is 2.19. The molecule has 30 heavy (non-hydrogen) atoms. The maximum atomic E-state index is 12.6. The van der Waals surface area contributed by atoms with Crippen molar-refractivity contribution in [2.24, 2.45) is 11.7 Å². The van der Waals surface area contributed by atoms with E-state index in [-0.39, 0.29) is 17.7 Å². The van der Waals surface area contributed by atoms with Gasteiger partial charge in [0.1, 0.15) is 0 Å². The van der Waals surface area contributed by atoms with Crippen LogP contribution in [0.15, 0.2) is 24.3 Å². The van der Waals surface area contributed by atoms with Gasteiger partial charge in [0.2, 0.25) is 17.6 Å². The lowest BCUT2D eigenvalue weighted by Crippen LogP contribution is -2.42. The molecule has 0 spiro atoms. The SMILES string of the molecule is CCC(C(=O)NCCCN1CCCC(C(N)=O)C1)n1nnc(-c2ccc(Cl)cc2)n1. The van der Waals surface area contributed by atoms with Crippen LogP contribution in [0.5, 0.6) is 0 Å². The number of nitrogens with one attached hydrogen (secondary N) is 1. The number of amides is 2. The molecule has 1 aromatic carbocycles. The number of benzene rings is 1. The fourth-order valence-corrected chi connectivity index (χ4v) is 3.77. The Labute approximate surface area is 180 Å². The number of nitrogens with zero attached hydrogens (tertiary/aromatic N) is 5. The van der Waals surface area contributed by atoms with Crippen LogP contribution in [0.25, 0.3) is 11.4 Å². The first-order chi connectivity index (χ1) is 14.5. The molecule has 0 bridgehead atoms. The van der Waals surface area contributed by atoms with E-state index in [9.17, 15) is 9.59 Å². The van der Waals surface area contributed by atoms with E-state index in [0.29, 0.717) is 30.4 Å². The molecular weight excluding hydrogens is 406 g/mol. The lowest BCUT2D eigenvalue weighted by atomic mass is 9.97. The largest absolute Gasteiger partial charge is 0.369 e. The molecule has 162 valence electrons. The molecule has 1 aromatic heterocycles. The van der Waals surface area contributed by atoms with Crippen molar-refractivity contribution < 1.29 is 9.59 Å². The highest BCUT2D eigenvalue weighted by molar-refractivity contribution is 6.30. The molecule has 0 radical (unpaired) electrons. The fourth-order valence-electron chi connectivity index (χ4n) is 3.65. The number of carbonyl (C=O) groups is 2. The molecule has 0 saturated carbocycles. The van der Waals surface area contributed by atoms with Crippen molar-refractivity contribution in [2.45, 2.75) is 38.6 Å². The third-order valence-electron chi connectivity index (χ3n) is 5.36. The van der Waals surface area contributed by atoms with Crippen molar-refractivity contribution in [3.05, 3.63) is 29.3 Å². The Balaban J connectivity index is 1.48. The number of nitrogens with two attached hydrogens (primary N) is 1. The van der Waals surface area contributed by atoms with Gasteiger partial charge in [0.05, 0.1) is 5.92 Å². The van der Waals surface area contributed by atoms with Crippen LogP contribution >= 0.6 is 11.6 Å². The van der Waals surface area contributed by atoms with Crippen molar-refractivity contribution in [3.8, 4) is 11.4 Å². The fraction of sp³-hybridized carbons (Fsp3) is 0.550. The summed E-state index contributed by atoms with van der Waals surface area (Å²) in [5.74, 6) is 0.0290. The molecule has 2 aromatic rings. The minimum absolute atomic E-state index is 0.0639. The van der Waals surface area contributed by atoms with E-state index in [1.807, 2.05) is 19.1 Å². The zero-order valence-electron chi connectivity index (χ0n) is 17.1. The van der Waals surface area contributed by atoms with E-state index < -0.39 is 6.04 Å². The van der Waals surface area contributed by atoms with Crippen LogP contribution in [0.4, 0.5) is 0 Å². The minimum atomic E-state index is -0.521. The van der Waals surface area contributed by atoms with Crippen molar-refractivity contribution in [3.63, 3.8) is 0 Å². The van der Waals surface area contributed by atoms with Gasteiger partial charge in [-0.05, 0) is 68.3 Å². The number of carbonyl (C=O) groups excluding carboxylic acids is 2. The van der Waals surface area contributed by atoms with Crippen LogP contribution < -0.4 is 11.1 Å². The van der Waals surface area contributed by atoms with Gasteiger partial charge in [-0.1, -0.05) is 18.5 Å². The van der Waals surface area contributed by atoms with E-state index >= 15 is 0 Å². The quantitative estimate of drug-likeness (QED) is 0.580. The van der Waals surface area contributed by atoms with Crippen molar-refractivity contribution in [1.82, 2.24) is 30.4 Å². The van der Waals surface area contributed by atoms with Gasteiger partial charge in [0.25, 0.3) is 0 Å². The number of halogens is 1. The highest BCUT2D eigenvalue weighted by Gasteiger charge is 2.24. The van der Waals surface area contributed by atoms with Crippen LogP contribution in [-0.2, 0) is 9.59 Å². The second-order valence-electron chi connectivity index (χ2n) is 7.55. The summed E-state index contributed by atoms with van der Waals surface area (Å²) in [4.78, 5) is 27.6. The molecule has 1 aliphatic heterocycles. The van der Waals surface area contributed by atoms with Gasteiger partial charge in [0, 0.05) is 23.7 Å². The van der Waals surface area contributed by atoms with Gasteiger partial charge in [0.15, 0.2) is 6.04 Å². The molecular formula is C20H28ClN7O2. The molecule has 1 saturated heterocycles. The van der Waals surface area contributed by atoms with E-state index in [1.165, 1.54) is 4.80 Å². The third kappa shape index (κ3) is 5.76. The number of tetrazole rings is 1. The number of rotatable bonds is 9. The second-order valence-corrected chi connectivity index (χ2v) is 7.99. The third-order valence-corrected chi connectivity index (χ3v) is 5.61. The molecule has 9 nitrogen and oxygen atoms in total. The van der Waals surface area contributed by atoms with Gasteiger partial charge in [-0.15, -0.1) is 10.2 Å². The number of piperidine rings is 1. The minimum Gasteiger partial charge on any atom is -0.369 e. The summed E-state index contributed by atoms with van der Waals surface area (Å²) in [6.07, 6.45) is 3.19. The lowest BCUT2D eigenvalue weighted by Gasteiger charge is -2.31. The van der Waals surface area contributed by atoms with E-state index in [2.05, 4.69) is 25.6 Å². The number of likely N-dealkylation sites (tertiary alicyclic amines) is 1. The van der Waals surface area contributed by atoms with Gasteiger partial charge in [-0.3, -0.25) is 9.59 Å². The predicted molar refractivity (Wildman–Crippen MR) is 114 cm³/mol. The van der Waals surface area contributed by atoms with E-state index in [0.717, 1.165) is 37.9 Å². The van der Waals surface area contributed by atoms with E-state index in [1.54, 1.807) is 12.1 Å². The maximum Gasteiger partial charge on any atom is 0.246 e. The number of hydrogen-bond acceptors (Lipinski definition) is 6. The van der Waals surface area contributed by atoms with Crippen molar-refractivity contribution in [1.29, 1.82) is 0 Å². The molecule has 10 heteroatoms. The molecule has 3 N–H and O–H groups in total. The van der Waals surface area contributed by atoms with Gasteiger partial charge in [-0.2, -0.15) is 4.80 Å². The standard InChI is InChI=1S/C20H28ClN7O2/c1-2-17(28-25-19(24-26-28)14-6-8-16(21)9-7-14)20(30)23-10-4-12-27-11-3-5-15(13-27)18(22)29/h6-9,15,17H,2-5,10-13H2,1H3,(H2,22,29)(H,23,30). The molecule has 2 amide bonds. The summed E-state index contributed by atoms with van der Waals surface area (Å²) in [7, 11) is 0. The molecule has 2 atom stereocenters. The first-order valence-electron chi connectivity index (χ1n) is 10.3. The summed E-state index contributed by atoms with van der Waals surface area (Å²) in [6, 6.07) is 6.63. The number of primary amides is 1. The second kappa shape index (κ2) is 10.5. The highest BCUT2D eigenvalue weighted by atomic mass is 35.5. The summed E-state index contributed by atoms with van der Waals surface area (Å²) in [5.41, 5.74) is 6.21. The lowest BCUT2D eigenvalue weighted by molar-refractivity contribution is -0.125. The molecule has 1 aliphatic rings. The Bertz CT molecular complexity index is 855. The summed E-state index contributed by atoms with van der Waals surface area (Å²) < 4.78 is 0. The van der Waals surface area contributed by atoms with Crippen LogP contribution in [-0.4, -0.2) is 63.1 Å². The van der Waals surface area contributed by atoms with Crippen LogP contribution in [0.1, 0.15) is 38.6 Å². The number of aromatic nitrogens is 4. The first kappa shape index (κ1) is 22.2. The van der Waals surface area contributed by atoms with Gasteiger partial charge < -0.3 is 16.0 Å². The molecule has 1 fully saturated rings. The summed E-state index contributed by atoms with van der Waals surface area (Å²) >= 11 is 5.91. The number of hydrogen-bond donors (Lipinski definition) is 2. The molecule has 0 aliphatic carbocycles. The Morgan fingerprint density at radius 2 is 2.10 bits per heavy atom. The Morgan fingerprint density at radius 3 is 2.80 bits per heavy atom. The van der Waals surface area contributed by atoms with E-state index in [4.69, 9.17) is 17.3 Å². The maximum absolute atomic E-state index is 12.6. The molecule has 2 heterocycles. The Morgan fingerprint density at radius 1 is 1.33 bits per heavy atom. The Hall–Kier alpha value is -2.52. The first-order valence-corrected chi connectivity index (χ1v) is 10.7. The van der Waals surface area contributed by atoms with Crippen molar-refractivity contribution in [2.75, 3.05) is 26.2 Å². The average molecular weight is 434 g/mol. The van der Waals surface area contributed by atoms with Crippen LogP contribution in [0, 0.1) is 5.92 Å². The van der Waals surface area contributed by atoms with Crippen LogP contribution in [0.2, 0.25) is 5.02 Å². The zero-order valence-corrected chi connectivity index (χ0v) is 17.9. The smallest absolute Gasteiger partial charge is 0.246 e. The van der Waals surface area contributed by atoms with Gasteiger partial charge in [-0.25, -0.2) is 0 Å². The summed E-state index contributed by atoms with van der Waals surface area (Å²) in [6.45, 7) is 4.95. The summed E-state index contributed by atoms with van der Waals surface area (Å²) in [5, 5.41) is 16.1. The average Bonchev–Trinajstić information content (AvgIpc) is 3.22. The van der Waals surface area contributed by atoms with Crippen LogP contribution in [0.3, 0.4) is 0 Å². The predicted octanol–water partition coefficient (Wildman–Crippen LogP) is 1.65. The van der Waals surface area contributed by atoms with Crippen molar-refractivity contribution >= 4 is 23.4 Å².